The molecule has 0 nitrogen and oxygen atoms in total. The van der Waals surface area contributed by atoms with Gasteiger partial charge in [-0.2, -0.15) is 0 Å². The summed E-state index contributed by atoms with van der Waals surface area (Å²) in [6.45, 7) is 2.20. The first-order valence-corrected chi connectivity index (χ1v) is 6.18. The van der Waals surface area contributed by atoms with Crippen LogP contribution in [0.4, 0.5) is 8.78 Å². The standard InChI is InChI=1S/C14H20F2/c1-2-3-4-5-6-7-8-12-9-10-13(15)14(16)11-12/h9-11H,2-8H2,1H3. The molecule has 2 heteroatoms. The predicted molar refractivity (Wildman–Crippen MR) is 63.4 cm³/mol. The van der Waals surface area contributed by atoms with Gasteiger partial charge in [0.15, 0.2) is 11.6 Å². The molecular weight excluding hydrogens is 206 g/mol. The topological polar surface area (TPSA) is 0 Å². The van der Waals surface area contributed by atoms with Gasteiger partial charge < -0.3 is 0 Å². The van der Waals surface area contributed by atoms with Crippen LogP contribution in [-0.2, 0) is 6.42 Å². The molecule has 0 radical (unpaired) electrons. The second-order valence-corrected chi connectivity index (χ2v) is 4.27. The maximum absolute atomic E-state index is 12.9. The van der Waals surface area contributed by atoms with Gasteiger partial charge in [0, 0.05) is 0 Å². The molecule has 0 bridgehead atoms. The van der Waals surface area contributed by atoms with Gasteiger partial charge in [0.1, 0.15) is 0 Å². The van der Waals surface area contributed by atoms with Crippen molar-refractivity contribution in [3.05, 3.63) is 35.4 Å². The minimum Gasteiger partial charge on any atom is -0.204 e. The fourth-order valence-corrected chi connectivity index (χ4v) is 1.80. The largest absolute Gasteiger partial charge is 0.204 e. The van der Waals surface area contributed by atoms with Crippen LogP contribution in [0.15, 0.2) is 18.2 Å². The van der Waals surface area contributed by atoms with Crippen molar-refractivity contribution in [3.8, 4) is 0 Å². The van der Waals surface area contributed by atoms with Crippen LogP contribution in [0.1, 0.15) is 51.0 Å². The number of rotatable bonds is 7. The van der Waals surface area contributed by atoms with Crippen molar-refractivity contribution in [1.29, 1.82) is 0 Å². The second-order valence-electron chi connectivity index (χ2n) is 4.27. The van der Waals surface area contributed by atoms with Crippen LogP contribution in [0.5, 0.6) is 0 Å². The molecule has 0 saturated carbocycles. The number of benzene rings is 1. The van der Waals surface area contributed by atoms with E-state index in [0.29, 0.717) is 0 Å². The van der Waals surface area contributed by atoms with Crippen molar-refractivity contribution in [2.45, 2.75) is 51.9 Å². The lowest BCUT2D eigenvalue weighted by molar-refractivity contribution is 0.506. The molecule has 0 aromatic heterocycles. The average Bonchev–Trinajstić information content (AvgIpc) is 2.28. The van der Waals surface area contributed by atoms with Crippen LogP contribution < -0.4 is 0 Å². The highest BCUT2D eigenvalue weighted by Gasteiger charge is 2.01. The van der Waals surface area contributed by atoms with E-state index in [9.17, 15) is 8.78 Å². The smallest absolute Gasteiger partial charge is 0.159 e. The average molecular weight is 226 g/mol. The van der Waals surface area contributed by atoms with Crippen LogP contribution >= 0.6 is 0 Å². The Labute approximate surface area is 96.7 Å². The molecule has 1 aromatic carbocycles. The Hall–Kier alpha value is -0.920. The van der Waals surface area contributed by atoms with Gasteiger partial charge in [-0.1, -0.05) is 45.1 Å². The van der Waals surface area contributed by atoms with Crippen LogP contribution in [0, 0.1) is 11.6 Å². The van der Waals surface area contributed by atoms with Crippen molar-refractivity contribution < 1.29 is 8.78 Å². The van der Waals surface area contributed by atoms with Crippen LogP contribution in [-0.4, -0.2) is 0 Å². The van der Waals surface area contributed by atoms with Crippen LogP contribution in [0.3, 0.4) is 0 Å². The van der Waals surface area contributed by atoms with Crippen molar-refractivity contribution >= 4 is 0 Å². The SMILES string of the molecule is CCCCCCCCc1ccc(F)c(F)c1. The summed E-state index contributed by atoms with van der Waals surface area (Å²) in [6, 6.07) is 4.19. The molecule has 16 heavy (non-hydrogen) atoms. The molecule has 0 fully saturated rings. The van der Waals surface area contributed by atoms with E-state index < -0.39 is 11.6 Å². The maximum atomic E-state index is 12.9. The molecule has 1 aromatic rings. The van der Waals surface area contributed by atoms with Gasteiger partial charge in [-0.25, -0.2) is 8.78 Å². The second kappa shape index (κ2) is 7.37. The van der Waals surface area contributed by atoms with Gasteiger partial charge in [-0.05, 0) is 30.5 Å². The van der Waals surface area contributed by atoms with Gasteiger partial charge in [0.2, 0.25) is 0 Å². The minimum atomic E-state index is -0.758. The summed E-state index contributed by atoms with van der Waals surface area (Å²) in [5.74, 6) is -1.49. The molecule has 0 unspecified atom stereocenters. The van der Waals surface area contributed by atoms with Crippen molar-refractivity contribution in [2.75, 3.05) is 0 Å². The Morgan fingerprint density at radius 3 is 2.25 bits per heavy atom. The van der Waals surface area contributed by atoms with Crippen LogP contribution in [0.2, 0.25) is 0 Å². The number of aryl methyl sites for hydroxylation is 1. The summed E-state index contributed by atoms with van der Waals surface area (Å²) >= 11 is 0. The zero-order chi connectivity index (χ0) is 11.8. The van der Waals surface area contributed by atoms with Crippen molar-refractivity contribution in [1.82, 2.24) is 0 Å². The third kappa shape index (κ3) is 4.73. The van der Waals surface area contributed by atoms with E-state index in [1.54, 1.807) is 6.07 Å². The first-order chi connectivity index (χ1) is 7.74. The fraction of sp³-hybridized carbons (Fsp3) is 0.571. The summed E-state index contributed by atoms with van der Waals surface area (Å²) in [6.07, 6.45) is 8.18. The molecule has 0 N–H and O–H groups in total. The normalized spacial score (nSPS) is 10.7. The molecule has 0 atom stereocenters. The van der Waals surface area contributed by atoms with Crippen molar-refractivity contribution in [2.24, 2.45) is 0 Å². The third-order valence-electron chi connectivity index (χ3n) is 2.80. The van der Waals surface area contributed by atoms with E-state index in [-0.39, 0.29) is 0 Å². The fourth-order valence-electron chi connectivity index (χ4n) is 1.80. The summed E-state index contributed by atoms with van der Waals surface area (Å²) in [7, 11) is 0. The quantitative estimate of drug-likeness (QED) is 0.582. The van der Waals surface area contributed by atoms with E-state index in [4.69, 9.17) is 0 Å². The minimum absolute atomic E-state index is 0.733. The first-order valence-electron chi connectivity index (χ1n) is 6.18. The molecule has 0 aliphatic heterocycles. The highest BCUT2D eigenvalue weighted by atomic mass is 19.2. The predicted octanol–water partition coefficient (Wildman–Crippen LogP) is 4.87. The summed E-state index contributed by atoms with van der Waals surface area (Å²) in [5, 5.41) is 0. The lowest BCUT2D eigenvalue weighted by atomic mass is 10.0. The monoisotopic (exact) mass is 226 g/mol. The summed E-state index contributed by atoms with van der Waals surface area (Å²) < 4.78 is 25.5. The third-order valence-corrected chi connectivity index (χ3v) is 2.80. The van der Waals surface area contributed by atoms with Crippen molar-refractivity contribution in [3.63, 3.8) is 0 Å². The number of hydrogen-bond donors (Lipinski definition) is 0. The van der Waals surface area contributed by atoms with E-state index in [1.165, 1.54) is 44.2 Å². The van der Waals surface area contributed by atoms with E-state index in [1.807, 2.05) is 0 Å². The Kier molecular flexibility index (Phi) is 6.05. The van der Waals surface area contributed by atoms with Gasteiger partial charge in [-0.15, -0.1) is 0 Å². The molecule has 90 valence electrons. The molecular formula is C14H20F2. The summed E-state index contributed by atoms with van der Waals surface area (Å²) in [5.41, 5.74) is 0.898. The van der Waals surface area contributed by atoms with Gasteiger partial charge in [0.05, 0.1) is 0 Å². The molecule has 0 amide bonds. The van der Waals surface area contributed by atoms with E-state index >= 15 is 0 Å². The number of hydrogen-bond acceptors (Lipinski definition) is 0. The Balaban J connectivity index is 2.19. The first kappa shape index (κ1) is 13.1. The van der Waals surface area contributed by atoms with Gasteiger partial charge >= 0.3 is 0 Å². The highest BCUT2D eigenvalue weighted by Crippen LogP contribution is 2.13. The van der Waals surface area contributed by atoms with E-state index in [0.717, 1.165) is 18.4 Å². The van der Waals surface area contributed by atoms with Gasteiger partial charge in [-0.3, -0.25) is 0 Å². The molecule has 0 saturated heterocycles. The molecule has 0 aliphatic rings. The zero-order valence-electron chi connectivity index (χ0n) is 9.94. The Morgan fingerprint density at radius 1 is 0.875 bits per heavy atom. The summed E-state index contributed by atoms with van der Waals surface area (Å²) in [4.78, 5) is 0. The lowest BCUT2D eigenvalue weighted by Gasteiger charge is -2.02. The number of halogens is 2. The molecule has 1 rings (SSSR count). The van der Waals surface area contributed by atoms with E-state index in [2.05, 4.69) is 6.92 Å². The molecule has 0 aliphatic carbocycles. The highest BCUT2D eigenvalue weighted by molar-refractivity contribution is 5.17. The molecule has 0 heterocycles. The Bertz CT molecular complexity index is 308. The maximum Gasteiger partial charge on any atom is 0.159 e. The lowest BCUT2D eigenvalue weighted by Crippen LogP contribution is -1.90. The zero-order valence-corrected chi connectivity index (χ0v) is 9.94. The van der Waals surface area contributed by atoms with Crippen LogP contribution in [0.25, 0.3) is 0 Å². The molecule has 0 spiro atoms. The Morgan fingerprint density at radius 2 is 1.56 bits per heavy atom. The number of unbranched alkanes of at least 4 members (excludes halogenated alkanes) is 5. The van der Waals surface area contributed by atoms with Gasteiger partial charge in [0.25, 0.3) is 0 Å².